The second kappa shape index (κ2) is 14.9. The molecule has 0 aromatic heterocycles. The highest BCUT2D eigenvalue weighted by molar-refractivity contribution is 7.74. The zero-order valence-corrected chi connectivity index (χ0v) is 16.0. The number of unbranched alkanes of at least 4 members (excludes halogenated alkanes) is 11. The van der Waals surface area contributed by atoms with E-state index in [9.17, 15) is 18.0 Å². The van der Waals surface area contributed by atoms with Crippen molar-refractivity contribution >= 4 is 27.1 Å². The summed E-state index contributed by atoms with van der Waals surface area (Å²) in [5, 5.41) is 17.9. The van der Waals surface area contributed by atoms with Gasteiger partial charge in [0, 0.05) is 0 Å². The van der Waals surface area contributed by atoms with Crippen LogP contribution in [0.25, 0.3) is 0 Å². The van der Waals surface area contributed by atoms with Crippen LogP contribution < -0.4 is 0 Å². The maximum Gasteiger partial charge on any atom is 0.348 e. The van der Waals surface area contributed by atoms with Crippen LogP contribution in [0.3, 0.4) is 0 Å². The summed E-state index contributed by atoms with van der Waals surface area (Å²) < 4.78 is 21.8. The van der Waals surface area contributed by atoms with E-state index >= 15 is 0 Å². The average molecular weight is 377 g/mol. The molecule has 0 radical (unpaired) electrons. The molecule has 146 valence electrons. The van der Waals surface area contributed by atoms with Crippen LogP contribution in [0, 0.1) is 5.92 Å². The fourth-order valence-electron chi connectivity index (χ4n) is 2.89. The van der Waals surface area contributed by atoms with Gasteiger partial charge in [-0.15, -0.1) is 0 Å². The van der Waals surface area contributed by atoms with Gasteiger partial charge in [0.2, 0.25) is 10.3 Å². The fourth-order valence-corrected chi connectivity index (χ4v) is 3.49. The predicted octanol–water partition coefficient (Wildman–Crippen LogP) is 3.91. The van der Waals surface area contributed by atoms with E-state index in [2.05, 4.69) is 6.92 Å². The van der Waals surface area contributed by atoms with Gasteiger partial charge >= 0.3 is 11.9 Å². The van der Waals surface area contributed by atoms with Gasteiger partial charge in [0.25, 0.3) is 0 Å². The molecule has 0 aromatic carbocycles. The molecule has 7 heteroatoms. The van der Waals surface area contributed by atoms with E-state index in [-0.39, 0.29) is 6.42 Å². The lowest BCUT2D eigenvalue weighted by Gasteiger charge is -2.10. The molecular weight excluding hydrogens is 344 g/mol. The van der Waals surface area contributed by atoms with Crippen LogP contribution in [0.4, 0.5) is 0 Å². The van der Waals surface area contributed by atoms with Crippen molar-refractivity contribution in [3.8, 4) is 0 Å². The Morgan fingerprint density at radius 2 is 1.16 bits per heavy atom. The molecule has 0 saturated carbocycles. The third-order valence-electron chi connectivity index (χ3n) is 4.35. The molecule has 0 aliphatic rings. The Hall–Kier alpha value is -1.37. The summed E-state index contributed by atoms with van der Waals surface area (Å²) in [4.78, 5) is 21.1. The number of rotatable bonds is 16. The first-order valence-corrected chi connectivity index (χ1v) is 10.4. The van der Waals surface area contributed by atoms with E-state index in [1.165, 1.54) is 44.9 Å². The van der Waals surface area contributed by atoms with Crippen molar-refractivity contribution in [2.75, 3.05) is 0 Å². The van der Waals surface area contributed by atoms with Crippen LogP contribution in [-0.2, 0) is 19.9 Å². The van der Waals surface area contributed by atoms with Gasteiger partial charge in [-0.1, -0.05) is 84.0 Å². The standard InChI is InChI=1S/C18H32O6S/c1-2-3-4-5-6-7-8-9-10-11-12-13-14-15(17(19)20)16(18(21)22)25(23)24/h15H,2-14H2,1H3,(H,19,20)(H,21,22). The molecule has 0 saturated heterocycles. The molecule has 0 fully saturated rings. The number of hydrogen-bond donors (Lipinski definition) is 2. The second-order valence-corrected chi connectivity index (χ2v) is 7.38. The summed E-state index contributed by atoms with van der Waals surface area (Å²) in [7, 11) is -3.01. The van der Waals surface area contributed by atoms with Gasteiger partial charge in [0.1, 0.15) is 5.92 Å². The third-order valence-corrected chi connectivity index (χ3v) is 5.17. The minimum Gasteiger partial charge on any atom is -0.481 e. The number of carboxylic acid groups (broad SMARTS) is 2. The zero-order valence-electron chi connectivity index (χ0n) is 15.2. The Morgan fingerprint density at radius 3 is 1.48 bits per heavy atom. The molecular formula is C18H32O6S. The number of aliphatic carboxylic acids is 2. The first-order chi connectivity index (χ1) is 11.9. The number of hydrogen-bond acceptors (Lipinski definition) is 4. The van der Waals surface area contributed by atoms with Crippen LogP contribution in [-0.4, -0.2) is 35.4 Å². The van der Waals surface area contributed by atoms with Gasteiger partial charge in [-0.2, -0.15) is 8.42 Å². The summed E-state index contributed by atoms with van der Waals surface area (Å²) in [6.45, 7) is 2.21. The van der Waals surface area contributed by atoms with Crippen molar-refractivity contribution in [3.63, 3.8) is 0 Å². The van der Waals surface area contributed by atoms with Crippen LogP contribution in [0.15, 0.2) is 0 Å². The Bertz CT molecular complexity index is 516. The summed E-state index contributed by atoms with van der Waals surface area (Å²) in [6.07, 6.45) is 13.5. The van der Waals surface area contributed by atoms with E-state index in [4.69, 9.17) is 10.2 Å². The van der Waals surface area contributed by atoms with Crippen molar-refractivity contribution in [1.29, 1.82) is 0 Å². The molecule has 25 heavy (non-hydrogen) atoms. The van der Waals surface area contributed by atoms with Gasteiger partial charge in [-0.05, 0) is 6.42 Å². The first-order valence-electron chi connectivity index (χ1n) is 9.34. The van der Waals surface area contributed by atoms with Crippen molar-refractivity contribution in [2.45, 2.75) is 90.4 Å². The SMILES string of the molecule is CCCCCCCCCCCCCCC(C(=O)O)C(C(=O)O)=S(=O)=O. The predicted molar refractivity (Wildman–Crippen MR) is 98.4 cm³/mol. The maximum absolute atomic E-state index is 11.1. The van der Waals surface area contributed by atoms with Crippen LogP contribution in [0.1, 0.15) is 90.4 Å². The molecule has 1 unspecified atom stereocenters. The third kappa shape index (κ3) is 11.8. The highest BCUT2D eigenvalue weighted by Crippen LogP contribution is 2.16. The van der Waals surface area contributed by atoms with Crippen molar-refractivity contribution < 1.29 is 28.2 Å². The second-order valence-electron chi connectivity index (χ2n) is 6.47. The van der Waals surface area contributed by atoms with Crippen LogP contribution >= 0.6 is 0 Å². The number of carboxylic acids is 2. The average Bonchev–Trinajstić information content (AvgIpc) is 2.53. The Kier molecular flexibility index (Phi) is 14.1. The van der Waals surface area contributed by atoms with Crippen molar-refractivity contribution in [2.24, 2.45) is 5.92 Å². The van der Waals surface area contributed by atoms with Crippen LogP contribution in [0.2, 0.25) is 0 Å². The van der Waals surface area contributed by atoms with Gasteiger partial charge < -0.3 is 10.2 Å². The van der Waals surface area contributed by atoms with E-state index in [0.717, 1.165) is 25.7 Å². The number of carbonyl (C=O) groups is 2. The largest absolute Gasteiger partial charge is 0.481 e. The van der Waals surface area contributed by atoms with Gasteiger partial charge in [-0.3, -0.25) is 4.79 Å². The summed E-state index contributed by atoms with van der Waals surface area (Å²) >= 11 is 0. The molecule has 0 aliphatic carbocycles. The molecule has 0 spiro atoms. The van der Waals surface area contributed by atoms with Gasteiger partial charge in [0.05, 0.1) is 0 Å². The van der Waals surface area contributed by atoms with E-state index in [1.54, 1.807) is 0 Å². The molecule has 2 N–H and O–H groups in total. The molecule has 0 aromatic rings. The minimum absolute atomic E-state index is 0.0440. The Morgan fingerprint density at radius 1 is 0.760 bits per heavy atom. The maximum atomic E-state index is 11.1. The summed E-state index contributed by atoms with van der Waals surface area (Å²) in [5.41, 5.74) is 0. The minimum atomic E-state index is -3.01. The molecule has 0 heterocycles. The molecule has 0 bridgehead atoms. The fraction of sp³-hybridized carbons (Fsp3) is 0.833. The highest BCUT2D eigenvalue weighted by atomic mass is 32.2. The molecule has 0 aliphatic heterocycles. The van der Waals surface area contributed by atoms with Crippen molar-refractivity contribution in [3.05, 3.63) is 0 Å². The molecule has 1 atom stereocenters. The lowest BCUT2D eigenvalue weighted by molar-refractivity contribution is -0.141. The normalized spacial score (nSPS) is 11.9. The van der Waals surface area contributed by atoms with E-state index in [0.29, 0.717) is 6.42 Å². The zero-order chi connectivity index (χ0) is 19.1. The van der Waals surface area contributed by atoms with E-state index in [1.807, 2.05) is 0 Å². The lowest BCUT2D eigenvalue weighted by atomic mass is 9.97. The molecule has 6 nitrogen and oxygen atoms in total. The lowest BCUT2D eigenvalue weighted by Crippen LogP contribution is -2.31. The van der Waals surface area contributed by atoms with Crippen LogP contribution in [0.5, 0.6) is 0 Å². The monoisotopic (exact) mass is 376 g/mol. The first kappa shape index (κ1) is 23.6. The molecule has 0 rings (SSSR count). The van der Waals surface area contributed by atoms with Crippen molar-refractivity contribution in [1.82, 2.24) is 0 Å². The van der Waals surface area contributed by atoms with Gasteiger partial charge in [0.15, 0.2) is 4.86 Å². The smallest absolute Gasteiger partial charge is 0.348 e. The summed E-state index contributed by atoms with van der Waals surface area (Å²) in [6, 6.07) is 0. The Balaban J connectivity index is 3.86. The Labute approximate surface area is 152 Å². The quantitative estimate of drug-likeness (QED) is 0.312. The highest BCUT2D eigenvalue weighted by Gasteiger charge is 2.30. The summed E-state index contributed by atoms with van der Waals surface area (Å²) in [5.74, 6) is -4.54. The van der Waals surface area contributed by atoms with Gasteiger partial charge in [-0.25, -0.2) is 4.79 Å². The molecule has 0 amide bonds. The topological polar surface area (TPSA) is 109 Å². The van der Waals surface area contributed by atoms with E-state index < -0.39 is 33.0 Å².